The van der Waals surface area contributed by atoms with Crippen LogP contribution in [0.15, 0.2) is 41.2 Å². The summed E-state index contributed by atoms with van der Waals surface area (Å²) >= 11 is 5.73. The van der Waals surface area contributed by atoms with Crippen molar-refractivity contribution in [1.29, 1.82) is 0 Å². The monoisotopic (exact) mass is 367 g/mol. The molecule has 24 heavy (non-hydrogen) atoms. The van der Waals surface area contributed by atoms with E-state index in [0.29, 0.717) is 5.56 Å². The molecule has 1 fully saturated rings. The zero-order valence-electron chi connectivity index (χ0n) is 13.8. The van der Waals surface area contributed by atoms with Gasteiger partial charge in [-0.2, -0.15) is 0 Å². The van der Waals surface area contributed by atoms with Crippen LogP contribution in [-0.4, -0.2) is 42.6 Å². The predicted octanol–water partition coefficient (Wildman–Crippen LogP) is 3.34. The van der Waals surface area contributed by atoms with Crippen LogP contribution in [0.5, 0.6) is 0 Å². The SMILES string of the molecule is CCN1CCN(c2ccc(-c3ccc(CCl)c(=O)[nH]3)cc2)CC1.Cl. The molecule has 0 amide bonds. The first-order valence-electron chi connectivity index (χ1n) is 8.07. The number of nitrogens with one attached hydrogen (secondary N) is 1. The van der Waals surface area contributed by atoms with Crippen LogP contribution in [0, 0.1) is 0 Å². The summed E-state index contributed by atoms with van der Waals surface area (Å²) in [6.45, 7) is 7.69. The van der Waals surface area contributed by atoms with Crippen molar-refractivity contribution in [3.05, 3.63) is 52.3 Å². The van der Waals surface area contributed by atoms with Gasteiger partial charge in [0.25, 0.3) is 5.56 Å². The van der Waals surface area contributed by atoms with Crippen LogP contribution < -0.4 is 10.5 Å². The number of aromatic amines is 1. The average Bonchev–Trinajstić information content (AvgIpc) is 2.62. The molecule has 0 bridgehead atoms. The van der Waals surface area contributed by atoms with E-state index in [2.05, 4.69) is 46.0 Å². The van der Waals surface area contributed by atoms with Crippen LogP contribution >= 0.6 is 24.0 Å². The normalized spacial score (nSPS) is 15.2. The summed E-state index contributed by atoms with van der Waals surface area (Å²) in [4.78, 5) is 19.6. The van der Waals surface area contributed by atoms with E-state index in [0.717, 1.165) is 44.0 Å². The summed E-state index contributed by atoms with van der Waals surface area (Å²) in [7, 11) is 0. The fourth-order valence-electron chi connectivity index (χ4n) is 2.95. The summed E-state index contributed by atoms with van der Waals surface area (Å²) in [6.07, 6.45) is 0. The van der Waals surface area contributed by atoms with Gasteiger partial charge >= 0.3 is 0 Å². The van der Waals surface area contributed by atoms with Gasteiger partial charge in [0.1, 0.15) is 0 Å². The number of pyridine rings is 1. The molecule has 1 saturated heterocycles. The molecule has 6 heteroatoms. The van der Waals surface area contributed by atoms with E-state index in [1.807, 2.05) is 6.07 Å². The Kier molecular flexibility index (Phi) is 6.72. The van der Waals surface area contributed by atoms with Crippen molar-refractivity contribution in [2.45, 2.75) is 12.8 Å². The molecule has 2 heterocycles. The summed E-state index contributed by atoms with van der Waals surface area (Å²) in [5.74, 6) is 0.234. The van der Waals surface area contributed by atoms with Crippen LogP contribution in [0.1, 0.15) is 12.5 Å². The fourth-order valence-corrected chi connectivity index (χ4v) is 3.16. The highest BCUT2D eigenvalue weighted by molar-refractivity contribution is 6.17. The molecule has 0 radical (unpaired) electrons. The number of benzene rings is 1. The van der Waals surface area contributed by atoms with E-state index < -0.39 is 0 Å². The molecule has 0 spiro atoms. The minimum atomic E-state index is -0.114. The maximum Gasteiger partial charge on any atom is 0.252 e. The predicted molar refractivity (Wildman–Crippen MR) is 104 cm³/mol. The number of alkyl halides is 1. The first-order chi connectivity index (χ1) is 11.2. The van der Waals surface area contributed by atoms with Crippen molar-refractivity contribution >= 4 is 29.7 Å². The molecule has 0 aliphatic carbocycles. The first kappa shape index (κ1) is 18.8. The number of halogens is 2. The van der Waals surface area contributed by atoms with Gasteiger partial charge < -0.3 is 14.8 Å². The molecular formula is C18H23Cl2N3O. The van der Waals surface area contributed by atoms with Gasteiger partial charge in [-0.05, 0) is 30.3 Å². The summed E-state index contributed by atoms with van der Waals surface area (Å²) in [6, 6.07) is 12.1. The third-order valence-electron chi connectivity index (χ3n) is 4.50. The largest absolute Gasteiger partial charge is 0.369 e. The van der Waals surface area contributed by atoms with Gasteiger partial charge in [-0.3, -0.25) is 4.79 Å². The van der Waals surface area contributed by atoms with Crippen molar-refractivity contribution in [3.63, 3.8) is 0 Å². The van der Waals surface area contributed by atoms with E-state index in [1.165, 1.54) is 5.69 Å². The Hall–Kier alpha value is -1.49. The van der Waals surface area contributed by atoms with Gasteiger partial charge in [-0.25, -0.2) is 0 Å². The van der Waals surface area contributed by atoms with E-state index in [-0.39, 0.29) is 23.8 Å². The highest BCUT2D eigenvalue weighted by Crippen LogP contribution is 2.22. The number of hydrogen-bond acceptors (Lipinski definition) is 3. The molecule has 2 aromatic rings. The smallest absolute Gasteiger partial charge is 0.252 e. The highest BCUT2D eigenvalue weighted by Gasteiger charge is 2.15. The molecule has 1 aromatic carbocycles. The first-order valence-corrected chi connectivity index (χ1v) is 8.60. The average molecular weight is 368 g/mol. The number of likely N-dealkylation sites (N-methyl/N-ethyl adjacent to an activating group) is 1. The second kappa shape index (κ2) is 8.56. The maximum absolute atomic E-state index is 11.9. The molecule has 4 nitrogen and oxygen atoms in total. The molecule has 1 N–H and O–H groups in total. The Morgan fingerprint density at radius 3 is 2.25 bits per heavy atom. The van der Waals surface area contributed by atoms with E-state index >= 15 is 0 Å². The Morgan fingerprint density at radius 1 is 1.04 bits per heavy atom. The van der Waals surface area contributed by atoms with Crippen LogP contribution in [0.4, 0.5) is 5.69 Å². The van der Waals surface area contributed by atoms with E-state index in [1.54, 1.807) is 6.07 Å². The van der Waals surface area contributed by atoms with Gasteiger partial charge in [0, 0.05) is 43.1 Å². The van der Waals surface area contributed by atoms with Crippen LogP contribution in [0.3, 0.4) is 0 Å². The number of piperazine rings is 1. The minimum Gasteiger partial charge on any atom is -0.369 e. The molecule has 1 aliphatic heterocycles. The lowest BCUT2D eigenvalue weighted by atomic mass is 10.1. The summed E-state index contributed by atoms with van der Waals surface area (Å²) < 4.78 is 0. The van der Waals surface area contributed by atoms with E-state index in [9.17, 15) is 4.79 Å². The third-order valence-corrected chi connectivity index (χ3v) is 4.79. The summed E-state index contributed by atoms with van der Waals surface area (Å²) in [5, 5.41) is 0. The second-order valence-electron chi connectivity index (χ2n) is 5.83. The molecule has 0 saturated carbocycles. The lowest BCUT2D eigenvalue weighted by Gasteiger charge is -2.35. The second-order valence-corrected chi connectivity index (χ2v) is 6.10. The molecule has 0 atom stereocenters. The van der Waals surface area contributed by atoms with Gasteiger partial charge in [-0.15, -0.1) is 24.0 Å². The quantitative estimate of drug-likeness (QED) is 0.842. The topological polar surface area (TPSA) is 39.3 Å². The fraction of sp³-hybridized carbons (Fsp3) is 0.389. The Labute approximate surface area is 153 Å². The van der Waals surface area contributed by atoms with E-state index in [4.69, 9.17) is 11.6 Å². The van der Waals surface area contributed by atoms with Crippen molar-refractivity contribution in [2.24, 2.45) is 0 Å². The number of rotatable bonds is 4. The molecule has 0 unspecified atom stereocenters. The zero-order valence-corrected chi connectivity index (χ0v) is 15.4. The number of aromatic nitrogens is 1. The number of H-pyrrole nitrogens is 1. The third kappa shape index (κ3) is 4.12. The van der Waals surface area contributed by atoms with Crippen molar-refractivity contribution in [3.8, 4) is 11.3 Å². The van der Waals surface area contributed by atoms with Gasteiger partial charge in [0.15, 0.2) is 0 Å². The number of hydrogen-bond donors (Lipinski definition) is 1. The highest BCUT2D eigenvalue weighted by atomic mass is 35.5. The van der Waals surface area contributed by atoms with Crippen molar-refractivity contribution in [2.75, 3.05) is 37.6 Å². The molecule has 1 aliphatic rings. The summed E-state index contributed by atoms with van der Waals surface area (Å²) in [5.41, 5.74) is 3.56. The van der Waals surface area contributed by atoms with Crippen LogP contribution in [0.25, 0.3) is 11.3 Å². The molecule has 1 aromatic heterocycles. The Balaban J connectivity index is 0.00000208. The molecule has 130 valence electrons. The van der Waals surface area contributed by atoms with Gasteiger partial charge in [-0.1, -0.05) is 25.1 Å². The van der Waals surface area contributed by atoms with Crippen molar-refractivity contribution in [1.82, 2.24) is 9.88 Å². The lowest BCUT2D eigenvalue weighted by Crippen LogP contribution is -2.46. The Bertz CT molecular complexity index is 707. The van der Waals surface area contributed by atoms with Gasteiger partial charge in [0.05, 0.1) is 5.88 Å². The van der Waals surface area contributed by atoms with Crippen LogP contribution in [-0.2, 0) is 5.88 Å². The standard InChI is InChI=1S/C18H22ClN3O.ClH/c1-2-21-9-11-22(12-10-21)16-6-3-14(4-7-16)17-8-5-15(13-19)18(23)20-17;/h3-8H,2,9-13H2,1H3,(H,20,23);1H. The number of nitrogens with zero attached hydrogens (tertiary/aromatic N) is 2. The minimum absolute atomic E-state index is 0. The molecule has 3 rings (SSSR count). The van der Waals surface area contributed by atoms with Crippen molar-refractivity contribution < 1.29 is 0 Å². The molecular weight excluding hydrogens is 345 g/mol. The number of anilines is 1. The van der Waals surface area contributed by atoms with Crippen LogP contribution in [0.2, 0.25) is 0 Å². The maximum atomic E-state index is 11.9. The zero-order chi connectivity index (χ0) is 16.2. The van der Waals surface area contributed by atoms with Gasteiger partial charge in [0.2, 0.25) is 0 Å². The Morgan fingerprint density at radius 2 is 1.71 bits per heavy atom. The lowest BCUT2D eigenvalue weighted by molar-refractivity contribution is 0.271.